The molecule has 0 amide bonds. The van der Waals surface area contributed by atoms with Gasteiger partial charge in [0.25, 0.3) is 0 Å². The van der Waals surface area contributed by atoms with Gasteiger partial charge in [-0.3, -0.25) is 0 Å². The monoisotopic (exact) mass is 303 g/mol. The summed E-state index contributed by atoms with van der Waals surface area (Å²) in [7, 11) is 0. The number of imidazole rings is 1. The van der Waals surface area contributed by atoms with Gasteiger partial charge in [0.15, 0.2) is 5.82 Å². The standard InChI is InChI=1S/C15H18ClN5/c1-4-20-9-17-19-13(20)8-21-12-7-5-6-10(2)14(12)18-15(21)11(3)16/h5-7,9,11H,4,8H2,1-3H3. The van der Waals surface area contributed by atoms with Crippen LogP contribution in [-0.4, -0.2) is 24.3 Å². The molecule has 2 aromatic heterocycles. The van der Waals surface area contributed by atoms with E-state index in [1.54, 1.807) is 6.33 Å². The number of alkyl halides is 1. The van der Waals surface area contributed by atoms with Crippen LogP contribution in [0, 0.1) is 6.92 Å². The molecule has 0 aliphatic heterocycles. The van der Waals surface area contributed by atoms with Crippen LogP contribution in [-0.2, 0) is 13.1 Å². The molecule has 1 atom stereocenters. The fourth-order valence-electron chi connectivity index (χ4n) is 2.58. The first-order valence-electron chi connectivity index (χ1n) is 7.08. The van der Waals surface area contributed by atoms with Gasteiger partial charge in [-0.05, 0) is 32.4 Å². The third kappa shape index (κ3) is 2.42. The lowest BCUT2D eigenvalue weighted by Crippen LogP contribution is -2.10. The number of nitrogens with zero attached hydrogens (tertiary/aromatic N) is 5. The fourth-order valence-corrected chi connectivity index (χ4v) is 2.75. The number of fused-ring (bicyclic) bond motifs is 1. The lowest BCUT2D eigenvalue weighted by molar-refractivity contribution is 0.639. The summed E-state index contributed by atoms with van der Waals surface area (Å²) >= 11 is 6.32. The van der Waals surface area contributed by atoms with E-state index in [2.05, 4.69) is 40.7 Å². The van der Waals surface area contributed by atoms with Crippen molar-refractivity contribution in [2.24, 2.45) is 0 Å². The van der Waals surface area contributed by atoms with Gasteiger partial charge in [-0.1, -0.05) is 12.1 Å². The SMILES string of the molecule is CCn1cnnc1Cn1c(C(C)Cl)nc2c(C)cccc21. The summed E-state index contributed by atoms with van der Waals surface area (Å²) in [5, 5.41) is 8.05. The second kappa shape index (κ2) is 5.48. The Bertz CT molecular complexity index is 772. The van der Waals surface area contributed by atoms with Crippen molar-refractivity contribution in [3.05, 3.63) is 41.7 Å². The van der Waals surface area contributed by atoms with E-state index in [4.69, 9.17) is 16.6 Å². The van der Waals surface area contributed by atoms with Crippen molar-refractivity contribution in [2.75, 3.05) is 0 Å². The van der Waals surface area contributed by atoms with Crippen LogP contribution >= 0.6 is 11.6 Å². The average Bonchev–Trinajstić information content (AvgIpc) is 3.05. The first kappa shape index (κ1) is 14.1. The molecule has 0 radical (unpaired) electrons. The Hall–Kier alpha value is -1.88. The van der Waals surface area contributed by atoms with Crippen molar-refractivity contribution in [3.63, 3.8) is 0 Å². The van der Waals surface area contributed by atoms with Crippen LogP contribution in [0.2, 0.25) is 0 Å². The van der Waals surface area contributed by atoms with E-state index in [0.717, 1.165) is 34.8 Å². The zero-order valence-corrected chi connectivity index (χ0v) is 13.2. The van der Waals surface area contributed by atoms with Crippen LogP contribution in [0.25, 0.3) is 11.0 Å². The second-order valence-corrected chi connectivity index (χ2v) is 5.80. The van der Waals surface area contributed by atoms with Crippen LogP contribution in [0.4, 0.5) is 0 Å². The number of benzene rings is 1. The average molecular weight is 304 g/mol. The molecule has 3 aromatic rings. The Balaban J connectivity index is 2.16. The van der Waals surface area contributed by atoms with Gasteiger partial charge < -0.3 is 9.13 Å². The molecular formula is C15H18ClN5. The molecule has 0 aliphatic rings. The minimum atomic E-state index is -0.158. The highest BCUT2D eigenvalue weighted by Crippen LogP contribution is 2.26. The molecule has 0 fully saturated rings. The highest BCUT2D eigenvalue weighted by atomic mass is 35.5. The number of hydrogen-bond donors (Lipinski definition) is 0. The molecular weight excluding hydrogens is 286 g/mol. The molecule has 0 N–H and O–H groups in total. The zero-order chi connectivity index (χ0) is 15.0. The summed E-state index contributed by atoms with van der Waals surface area (Å²) in [6, 6.07) is 6.19. The number of aryl methyl sites for hydroxylation is 2. The van der Waals surface area contributed by atoms with Crippen molar-refractivity contribution < 1.29 is 0 Å². The lowest BCUT2D eigenvalue weighted by atomic mass is 10.2. The molecule has 0 bridgehead atoms. The third-order valence-corrected chi connectivity index (χ3v) is 3.90. The molecule has 2 heterocycles. The molecule has 1 aromatic carbocycles. The molecule has 3 rings (SSSR count). The van der Waals surface area contributed by atoms with E-state index < -0.39 is 0 Å². The predicted molar refractivity (Wildman–Crippen MR) is 83.5 cm³/mol. The molecule has 0 spiro atoms. The van der Waals surface area contributed by atoms with E-state index in [-0.39, 0.29) is 5.38 Å². The number of para-hydroxylation sites is 1. The highest BCUT2D eigenvalue weighted by Gasteiger charge is 2.17. The molecule has 6 heteroatoms. The summed E-state index contributed by atoms with van der Waals surface area (Å²) < 4.78 is 4.17. The fraction of sp³-hybridized carbons (Fsp3) is 0.400. The van der Waals surface area contributed by atoms with E-state index in [9.17, 15) is 0 Å². The van der Waals surface area contributed by atoms with Gasteiger partial charge in [-0.15, -0.1) is 21.8 Å². The molecule has 21 heavy (non-hydrogen) atoms. The zero-order valence-electron chi connectivity index (χ0n) is 12.4. The second-order valence-electron chi connectivity index (χ2n) is 5.15. The van der Waals surface area contributed by atoms with Gasteiger partial charge in [-0.25, -0.2) is 4.98 Å². The normalized spacial score (nSPS) is 13.0. The van der Waals surface area contributed by atoms with E-state index in [0.29, 0.717) is 6.54 Å². The summed E-state index contributed by atoms with van der Waals surface area (Å²) in [5.74, 6) is 1.78. The summed E-state index contributed by atoms with van der Waals surface area (Å²) in [5.41, 5.74) is 3.24. The van der Waals surface area contributed by atoms with Gasteiger partial charge in [-0.2, -0.15) is 0 Å². The number of rotatable bonds is 4. The van der Waals surface area contributed by atoms with Crippen molar-refractivity contribution in [1.29, 1.82) is 0 Å². The number of hydrogen-bond acceptors (Lipinski definition) is 3. The van der Waals surface area contributed by atoms with Crippen LogP contribution in [0.5, 0.6) is 0 Å². The van der Waals surface area contributed by atoms with Gasteiger partial charge in [0.1, 0.15) is 12.2 Å². The first-order valence-corrected chi connectivity index (χ1v) is 7.52. The molecule has 0 aliphatic carbocycles. The topological polar surface area (TPSA) is 48.5 Å². The van der Waals surface area contributed by atoms with Crippen LogP contribution < -0.4 is 0 Å². The van der Waals surface area contributed by atoms with E-state index in [1.807, 2.05) is 17.6 Å². The minimum absolute atomic E-state index is 0.158. The van der Waals surface area contributed by atoms with Crippen molar-refractivity contribution >= 4 is 22.6 Å². The quantitative estimate of drug-likeness (QED) is 0.695. The largest absolute Gasteiger partial charge is 0.319 e. The van der Waals surface area contributed by atoms with E-state index >= 15 is 0 Å². The van der Waals surface area contributed by atoms with Gasteiger partial charge >= 0.3 is 0 Å². The smallest absolute Gasteiger partial charge is 0.152 e. The summed E-state index contributed by atoms with van der Waals surface area (Å²) in [6.07, 6.45) is 1.75. The van der Waals surface area contributed by atoms with Gasteiger partial charge in [0.05, 0.1) is 23.0 Å². The van der Waals surface area contributed by atoms with E-state index in [1.165, 1.54) is 0 Å². The minimum Gasteiger partial charge on any atom is -0.319 e. The Morgan fingerprint density at radius 1 is 1.33 bits per heavy atom. The van der Waals surface area contributed by atoms with Crippen molar-refractivity contribution in [3.8, 4) is 0 Å². The molecule has 0 saturated heterocycles. The Labute approximate surface area is 128 Å². The summed E-state index contributed by atoms with van der Waals surface area (Å²) in [6.45, 7) is 7.56. The highest BCUT2D eigenvalue weighted by molar-refractivity contribution is 6.20. The lowest BCUT2D eigenvalue weighted by Gasteiger charge is -2.10. The maximum absolute atomic E-state index is 6.32. The molecule has 1 unspecified atom stereocenters. The maximum Gasteiger partial charge on any atom is 0.152 e. The molecule has 0 saturated carbocycles. The first-order chi connectivity index (χ1) is 10.1. The summed E-state index contributed by atoms with van der Waals surface area (Å²) in [4.78, 5) is 4.72. The Morgan fingerprint density at radius 3 is 2.86 bits per heavy atom. The molecule has 110 valence electrons. The van der Waals surface area contributed by atoms with Crippen molar-refractivity contribution in [1.82, 2.24) is 24.3 Å². The van der Waals surface area contributed by atoms with Gasteiger partial charge in [0, 0.05) is 6.54 Å². The third-order valence-electron chi connectivity index (χ3n) is 3.70. The predicted octanol–water partition coefficient (Wildman–Crippen LogP) is 3.30. The number of aromatic nitrogens is 5. The van der Waals surface area contributed by atoms with Crippen molar-refractivity contribution in [2.45, 2.75) is 39.2 Å². The maximum atomic E-state index is 6.32. The van der Waals surface area contributed by atoms with Crippen LogP contribution in [0.3, 0.4) is 0 Å². The van der Waals surface area contributed by atoms with Gasteiger partial charge in [0.2, 0.25) is 0 Å². The molecule has 5 nitrogen and oxygen atoms in total. The van der Waals surface area contributed by atoms with Crippen LogP contribution in [0.1, 0.15) is 36.4 Å². The Kier molecular flexibility index (Phi) is 3.68. The number of halogens is 1. The van der Waals surface area contributed by atoms with Crippen LogP contribution in [0.15, 0.2) is 24.5 Å². The Morgan fingerprint density at radius 2 is 2.14 bits per heavy atom.